The first-order valence-corrected chi connectivity index (χ1v) is 8.33. The third kappa shape index (κ3) is 1.94. The number of anilines is 1. The topological polar surface area (TPSA) is 62.2 Å². The number of aryl methyl sites for hydroxylation is 1. The maximum absolute atomic E-state index is 11.1. The highest BCUT2D eigenvalue weighted by atomic mass is 32.1. The summed E-state index contributed by atoms with van der Waals surface area (Å²) in [5.74, 6) is 1.73. The van der Waals surface area contributed by atoms with E-state index in [-0.39, 0.29) is 11.2 Å². The third-order valence-corrected chi connectivity index (χ3v) is 6.30. The van der Waals surface area contributed by atoms with Crippen LogP contribution in [0, 0.1) is 24.7 Å². The largest absolute Gasteiger partial charge is 0.476 e. The van der Waals surface area contributed by atoms with Crippen LogP contribution in [0.25, 0.3) is 0 Å². The summed E-state index contributed by atoms with van der Waals surface area (Å²) in [7, 11) is 0. The Morgan fingerprint density at radius 3 is 2.25 bits per heavy atom. The van der Waals surface area contributed by atoms with E-state index in [1.165, 1.54) is 49.9 Å². The van der Waals surface area contributed by atoms with Gasteiger partial charge in [-0.15, -0.1) is 11.3 Å². The van der Waals surface area contributed by atoms with E-state index in [1.807, 2.05) is 6.92 Å². The van der Waals surface area contributed by atoms with Crippen LogP contribution in [0.2, 0.25) is 0 Å². The summed E-state index contributed by atoms with van der Waals surface area (Å²) < 4.78 is 0. The monoisotopic (exact) mass is 292 g/mol. The van der Waals surface area contributed by atoms with Crippen molar-refractivity contribution in [3.63, 3.8) is 0 Å². The van der Waals surface area contributed by atoms with E-state index < -0.39 is 5.97 Å². The molecule has 0 aromatic carbocycles. The van der Waals surface area contributed by atoms with Crippen molar-refractivity contribution < 1.29 is 9.90 Å². The number of aromatic carboxylic acids is 1. The van der Waals surface area contributed by atoms with Crippen molar-refractivity contribution >= 4 is 22.4 Å². The standard InChI is InChI=1S/C15H20N2O2S/c1-8-12(13(18)19)16-14(20-8)17-15-5-9-2-10(6-15)4-11(3-9)7-15/h9-11H,2-7H2,1H3,(H,16,17)(H,18,19). The van der Waals surface area contributed by atoms with Crippen LogP contribution in [0.15, 0.2) is 0 Å². The highest BCUT2D eigenvalue weighted by Crippen LogP contribution is 2.56. The summed E-state index contributed by atoms with van der Waals surface area (Å²) in [6.45, 7) is 1.84. The second kappa shape index (κ2) is 4.20. The Bertz CT molecular complexity index is 531. The van der Waals surface area contributed by atoms with Crippen molar-refractivity contribution in [1.29, 1.82) is 0 Å². The highest BCUT2D eigenvalue weighted by Gasteiger charge is 2.51. The van der Waals surface area contributed by atoms with Gasteiger partial charge in [-0.3, -0.25) is 0 Å². The van der Waals surface area contributed by atoms with Gasteiger partial charge in [0.05, 0.1) is 0 Å². The van der Waals surface area contributed by atoms with Crippen LogP contribution in [0.3, 0.4) is 0 Å². The lowest BCUT2D eigenvalue weighted by molar-refractivity contribution is 0.0107. The van der Waals surface area contributed by atoms with Gasteiger partial charge in [0.1, 0.15) is 0 Å². The molecule has 0 amide bonds. The molecule has 1 aromatic rings. The van der Waals surface area contributed by atoms with Gasteiger partial charge in [0.25, 0.3) is 0 Å². The van der Waals surface area contributed by atoms with Crippen LogP contribution in [0.4, 0.5) is 5.13 Å². The number of carbonyl (C=O) groups is 1. The number of carboxylic acid groups (broad SMARTS) is 1. The van der Waals surface area contributed by atoms with Crippen LogP contribution < -0.4 is 5.32 Å². The molecule has 4 fully saturated rings. The second-order valence-corrected chi connectivity index (χ2v) is 8.26. The van der Waals surface area contributed by atoms with Gasteiger partial charge in [0.2, 0.25) is 0 Å². The summed E-state index contributed by atoms with van der Waals surface area (Å²) in [5, 5.41) is 13.6. The average molecular weight is 292 g/mol. The van der Waals surface area contributed by atoms with E-state index in [2.05, 4.69) is 10.3 Å². The quantitative estimate of drug-likeness (QED) is 0.894. The average Bonchev–Trinajstić information content (AvgIpc) is 2.67. The molecule has 4 aliphatic carbocycles. The molecule has 2 N–H and O–H groups in total. The summed E-state index contributed by atoms with van der Waals surface area (Å²) >= 11 is 1.49. The Hall–Kier alpha value is -1.10. The molecule has 20 heavy (non-hydrogen) atoms. The zero-order valence-corrected chi connectivity index (χ0v) is 12.5. The first-order chi connectivity index (χ1) is 9.53. The Morgan fingerprint density at radius 2 is 1.80 bits per heavy atom. The van der Waals surface area contributed by atoms with E-state index in [1.54, 1.807) is 0 Å². The van der Waals surface area contributed by atoms with Gasteiger partial charge >= 0.3 is 5.97 Å². The number of rotatable bonds is 3. The molecule has 0 aliphatic heterocycles. The normalized spacial score (nSPS) is 38.1. The fourth-order valence-corrected chi connectivity index (χ4v) is 6.06. The fraction of sp³-hybridized carbons (Fsp3) is 0.733. The first kappa shape index (κ1) is 12.6. The number of aromatic nitrogens is 1. The Morgan fingerprint density at radius 1 is 1.25 bits per heavy atom. The molecule has 4 saturated carbocycles. The minimum atomic E-state index is -0.919. The molecule has 0 saturated heterocycles. The van der Waals surface area contributed by atoms with E-state index in [0.717, 1.165) is 27.8 Å². The number of hydrogen-bond donors (Lipinski definition) is 2. The van der Waals surface area contributed by atoms with Gasteiger partial charge in [-0.1, -0.05) is 0 Å². The lowest BCUT2D eigenvalue weighted by Crippen LogP contribution is -2.54. The smallest absolute Gasteiger partial charge is 0.355 e. The molecule has 108 valence electrons. The Labute approximate surface area is 122 Å². The van der Waals surface area contributed by atoms with Crippen LogP contribution >= 0.6 is 11.3 Å². The van der Waals surface area contributed by atoms with Crippen molar-refractivity contribution in [2.75, 3.05) is 5.32 Å². The highest BCUT2D eigenvalue weighted by molar-refractivity contribution is 7.15. The molecular formula is C15H20N2O2S. The van der Waals surface area contributed by atoms with Gasteiger partial charge in [0, 0.05) is 10.4 Å². The van der Waals surface area contributed by atoms with Crippen molar-refractivity contribution in [2.45, 2.75) is 51.0 Å². The minimum absolute atomic E-state index is 0.203. The van der Waals surface area contributed by atoms with E-state index in [4.69, 9.17) is 5.11 Å². The molecule has 0 radical (unpaired) electrons. The SMILES string of the molecule is Cc1sc(NC23CC4CC(CC(C4)C2)C3)nc1C(=O)O. The van der Waals surface area contributed by atoms with Gasteiger partial charge in [-0.05, 0) is 63.2 Å². The minimum Gasteiger partial charge on any atom is -0.476 e. The second-order valence-electron chi connectivity index (χ2n) is 7.05. The van der Waals surface area contributed by atoms with Gasteiger partial charge in [0.15, 0.2) is 10.8 Å². The lowest BCUT2D eigenvalue weighted by Gasteiger charge is -2.56. The fourth-order valence-electron chi connectivity index (χ4n) is 5.14. The van der Waals surface area contributed by atoms with Crippen LogP contribution in [-0.2, 0) is 0 Å². The van der Waals surface area contributed by atoms with Crippen molar-refractivity contribution in [1.82, 2.24) is 4.98 Å². The van der Waals surface area contributed by atoms with Crippen molar-refractivity contribution in [3.05, 3.63) is 10.6 Å². The molecule has 0 unspecified atom stereocenters. The van der Waals surface area contributed by atoms with Crippen molar-refractivity contribution in [3.8, 4) is 0 Å². The van der Waals surface area contributed by atoms with Crippen LogP contribution in [-0.4, -0.2) is 21.6 Å². The molecule has 4 aliphatic rings. The number of nitrogens with one attached hydrogen (secondary N) is 1. The van der Waals surface area contributed by atoms with E-state index >= 15 is 0 Å². The Balaban J connectivity index is 1.59. The molecule has 0 spiro atoms. The maximum Gasteiger partial charge on any atom is 0.355 e. The first-order valence-electron chi connectivity index (χ1n) is 7.52. The zero-order chi connectivity index (χ0) is 13.9. The Kier molecular flexibility index (Phi) is 2.65. The molecular weight excluding hydrogens is 272 g/mol. The molecule has 1 aromatic heterocycles. The predicted octanol–water partition coefficient (Wildman–Crippen LogP) is 3.53. The van der Waals surface area contributed by atoms with Crippen LogP contribution in [0.1, 0.15) is 53.9 Å². The summed E-state index contributed by atoms with van der Waals surface area (Å²) in [6, 6.07) is 0. The van der Waals surface area contributed by atoms with E-state index in [9.17, 15) is 4.79 Å². The summed E-state index contributed by atoms with van der Waals surface area (Å²) in [5.41, 5.74) is 0.414. The van der Waals surface area contributed by atoms with Crippen LogP contribution in [0.5, 0.6) is 0 Å². The van der Waals surface area contributed by atoms with Gasteiger partial charge in [-0.2, -0.15) is 0 Å². The number of carboxylic acids is 1. The van der Waals surface area contributed by atoms with Crippen molar-refractivity contribution in [2.24, 2.45) is 17.8 Å². The predicted molar refractivity (Wildman–Crippen MR) is 78.3 cm³/mol. The molecule has 1 heterocycles. The van der Waals surface area contributed by atoms with E-state index in [0.29, 0.717) is 0 Å². The number of hydrogen-bond acceptors (Lipinski definition) is 4. The number of thiazole rings is 1. The molecule has 0 atom stereocenters. The maximum atomic E-state index is 11.1. The molecule has 4 nitrogen and oxygen atoms in total. The zero-order valence-electron chi connectivity index (χ0n) is 11.7. The summed E-state index contributed by atoms with van der Waals surface area (Å²) in [4.78, 5) is 16.2. The van der Waals surface area contributed by atoms with Gasteiger partial charge < -0.3 is 10.4 Å². The lowest BCUT2D eigenvalue weighted by atomic mass is 9.53. The van der Waals surface area contributed by atoms with Gasteiger partial charge in [-0.25, -0.2) is 9.78 Å². The number of nitrogens with zero attached hydrogens (tertiary/aromatic N) is 1. The third-order valence-electron chi connectivity index (χ3n) is 5.41. The summed E-state index contributed by atoms with van der Waals surface area (Å²) in [6.07, 6.45) is 7.99. The molecule has 5 heteroatoms. The molecule has 5 rings (SSSR count). The molecule has 4 bridgehead atoms.